The molecule has 0 unspecified atom stereocenters. The van der Waals surface area contributed by atoms with Crippen LogP contribution in [0.2, 0.25) is 5.02 Å². The number of nitro benzene ring substituents is 1. The molecule has 0 saturated carbocycles. The van der Waals surface area contributed by atoms with Crippen LogP contribution in [-0.4, -0.2) is 49.1 Å². The molecule has 0 atom stereocenters. The lowest BCUT2D eigenvalue weighted by molar-refractivity contribution is -0.384. The topological polar surface area (TPSA) is 87.9 Å². The van der Waals surface area contributed by atoms with E-state index < -0.39 is 4.92 Å². The van der Waals surface area contributed by atoms with E-state index in [1.807, 2.05) is 24.3 Å². The van der Waals surface area contributed by atoms with Crippen molar-refractivity contribution >= 4 is 34.7 Å². The molecule has 1 aliphatic rings. The van der Waals surface area contributed by atoms with Gasteiger partial charge in [-0.25, -0.2) is 4.79 Å². The highest BCUT2D eigenvalue weighted by Gasteiger charge is 2.23. The second kappa shape index (κ2) is 8.13. The summed E-state index contributed by atoms with van der Waals surface area (Å²) >= 11 is 6.24. The second-order valence-corrected chi connectivity index (χ2v) is 6.40. The van der Waals surface area contributed by atoms with Gasteiger partial charge in [-0.2, -0.15) is 0 Å². The number of amides is 2. The fourth-order valence-electron chi connectivity index (χ4n) is 2.95. The Balaban J connectivity index is 1.63. The van der Waals surface area contributed by atoms with E-state index in [9.17, 15) is 14.9 Å². The van der Waals surface area contributed by atoms with Gasteiger partial charge in [0.25, 0.3) is 5.69 Å². The fraction of sp³-hybridized carbons (Fsp3) is 0.278. The van der Waals surface area contributed by atoms with Crippen molar-refractivity contribution in [3.05, 3.63) is 57.6 Å². The van der Waals surface area contributed by atoms with Crippen LogP contribution in [0.3, 0.4) is 0 Å². The number of carbonyl (C=O) groups is 1. The molecule has 1 aliphatic heterocycles. The summed E-state index contributed by atoms with van der Waals surface area (Å²) in [5.41, 5.74) is 1.25. The predicted octanol–water partition coefficient (Wildman–Crippen LogP) is 3.61. The first-order chi connectivity index (χ1) is 13.0. The van der Waals surface area contributed by atoms with Crippen molar-refractivity contribution in [2.45, 2.75) is 0 Å². The zero-order valence-corrected chi connectivity index (χ0v) is 15.5. The summed E-state index contributed by atoms with van der Waals surface area (Å²) in [5.74, 6) is 0.243. The minimum atomic E-state index is -0.512. The van der Waals surface area contributed by atoms with Gasteiger partial charge in [0.2, 0.25) is 0 Å². The zero-order chi connectivity index (χ0) is 19.4. The SMILES string of the molecule is COc1cc([N+](=O)[O-])ccc1NC(=O)N1CCN(c2ccccc2Cl)CC1. The normalized spacial score (nSPS) is 14.0. The van der Waals surface area contributed by atoms with E-state index in [0.717, 1.165) is 5.69 Å². The van der Waals surface area contributed by atoms with Crippen LogP contribution in [0.1, 0.15) is 0 Å². The highest BCUT2D eigenvalue weighted by Crippen LogP contribution is 2.30. The summed E-state index contributed by atoms with van der Waals surface area (Å²) in [5, 5.41) is 14.3. The largest absolute Gasteiger partial charge is 0.494 e. The Morgan fingerprint density at radius 3 is 2.52 bits per heavy atom. The molecule has 0 bridgehead atoms. The maximum absolute atomic E-state index is 12.5. The highest BCUT2D eigenvalue weighted by molar-refractivity contribution is 6.33. The third-order valence-electron chi connectivity index (χ3n) is 4.40. The molecular formula is C18H19ClN4O4. The summed E-state index contributed by atoms with van der Waals surface area (Å²) < 4.78 is 5.15. The van der Waals surface area contributed by atoms with E-state index in [-0.39, 0.29) is 17.5 Å². The minimum Gasteiger partial charge on any atom is -0.494 e. The van der Waals surface area contributed by atoms with Gasteiger partial charge in [-0.3, -0.25) is 10.1 Å². The fourth-order valence-corrected chi connectivity index (χ4v) is 3.20. The number of urea groups is 1. The van der Waals surface area contributed by atoms with E-state index in [2.05, 4.69) is 10.2 Å². The molecule has 8 nitrogen and oxygen atoms in total. The number of rotatable bonds is 4. The summed E-state index contributed by atoms with van der Waals surface area (Å²) in [6, 6.07) is 11.4. The number of methoxy groups -OCH3 is 1. The molecule has 1 N–H and O–H groups in total. The number of carbonyl (C=O) groups excluding carboxylic acids is 1. The van der Waals surface area contributed by atoms with E-state index in [0.29, 0.717) is 36.9 Å². The molecule has 1 heterocycles. The van der Waals surface area contributed by atoms with Crippen LogP contribution in [0, 0.1) is 10.1 Å². The monoisotopic (exact) mass is 390 g/mol. The zero-order valence-electron chi connectivity index (χ0n) is 14.7. The maximum atomic E-state index is 12.5. The Labute approximate surface area is 161 Å². The third kappa shape index (κ3) is 4.22. The van der Waals surface area contributed by atoms with Crippen molar-refractivity contribution < 1.29 is 14.5 Å². The van der Waals surface area contributed by atoms with Crippen LogP contribution in [0.25, 0.3) is 0 Å². The van der Waals surface area contributed by atoms with Gasteiger partial charge in [0, 0.05) is 32.2 Å². The number of nitrogens with zero attached hydrogens (tertiary/aromatic N) is 3. The standard InChI is InChI=1S/C18H19ClN4O4/c1-27-17-12-13(23(25)26)6-7-15(17)20-18(24)22-10-8-21(9-11-22)16-5-3-2-4-14(16)19/h2-7,12H,8-11H2,1H3,(H,20,24). The number of hydrogen-bond acceptors (Lipinski definition) is 5. The van der Waals surface area contributed by atoms with E-state index in [1.165, 1.54) is 25.3 Å². The van der Waals surface area contributed by atoms with Crippen molar-refractivity contribution in [1.82, 2.24) is 4.90 Å². The Kier molecular flexibility index (Phi) is 5.66. The molecular weight excluding hydrogens is 372 g/mol. The second-order valence-electron chi connectivity index (χ2n) is 6.00. The van der Waals surface area contributed by atoms with E-state index in [1.54, 1.807) is 4.90 Å². The molecule has 0 spiro atoms. The number of nitro groups is 1. The first-order valence-electron chi connectivity index (χ1n) is 8.37. The first-order valence-corrected chi connectivity index (χ1v) is 8.75. The van der Waals surface area contributed by atoms with Crippen LogP contribution in [0.5, 0.6) is 5.75 Å². The van der Waals surface area contributed by atoms with Crippen molar-refractivity contribution in [2.24, 2.45) is 0 Å². The van der Waals surface area contributed by atoms with Crippen LogP contribution < -0.4 is 15.0 Å². The molecule has 0 radical (unpaired) electrons. The van der Waals surface area contributed by atoms with E-state index >= 15 is 0 Å². The quantitative estimate of drug-likeness (QED) is 0.636. The number of halogens is 1. The molecule has 9 heteroatoms. The summed E-state index contributed by atoms with van der Waals surface area (Å²) in [4.78, 5) is 26.7. The summed E-state index contributed by atoms with van der Waals surface area (Å²) in [7, 11) is 1.40. The van der Waals surface area contributed by atoms with E-state index in [4.69, 9.17) is 16.3 Å². The predicted molar refractivity (Wildman–Crippen MR) is 104 cm³/mol. The van der Waals surface area contributed by atoms with Gasteiger partial charge in [0.15, 0.2) is 0 Å². The van der Waals surface area contributed by atoms with Crippen LogP contribution in [0.4, 0.5) is 21.9 Å². The van der Waals surface area contributed by atoms with Crippen molar-refractivity contribution in [2.75, 3.05) is 43.5 Å². The van der Waals surface area contributed by atoms with Crippen LogP contribution in [0.15, 0.2) is 42.5 Å². The molecule has 3 rings (SSSR count). The lowest BCUT2D eigenvalue weighted by Gasteiger charge is -2.36. The van der Waals surface area contributed by atoms with Crippen molar-refractivity contribution in [1.29, 1.82) is 0 Å². The number of anilines is 2. The van der Waals surface area contributed by atoms with Crippen molar-refractivity contribution in [3.8, 4) is 5.75 Å². The molecule has 27 heavy (non-hydrogen) atoms. The van der Waals surface area contributed by atoms with Gasteiger partial charge < -0.3 is 19.9 Å². The smallest absolute Gasteiger partial charge is 0.322 e. The molecule has 142 valence electrons. The lowest BCUT2D eigenvalue weighted by Crippen LogP contribution is -2.50. The molecule has 0 aliphatic carbocycles. The lowest BCUT2D eigenvalue weighted by atomic mass is 10.2. The molecule has 2 amide bonds. The third-order valence-corrected chi connectivity index (χ3v) is 4.72. The Bertz CT molecular complexity index is 853. The molecule has 1 fully saturated rings. The molecule has 0 aromatic heterocycles. The number of para-hydroxylation sites is 1. The number of benzene rings is 2. The number of hydrogen-bond donors (Lipinski definition) is 1. The number of ether oxygens (including phenoxy) is 1. The molecule has 2 aromatic carbocycles. The Hall–Kier alpha value is -3.00. The van der Waals surface area contributed by atoms with Crippen molar-refractivity contribution in [3.63, 3.8) is 0 Å². The van der Waals surface area contributed by atoms with Gasteiger partial charge in [-0.1, -0.05) is 23.7 Å². The number of non-ortho nitro benzene ring substituents is 1. The maximum Gasteiger partial charge on any atom is 0.322 e. The van der Waals surface area contributed by atoms with Gasteiger partial charge in [-0.15, -0.1) is 0 Å². The average molecular weight is 391 g/mol. The molecule has 2 aromatic rings. The number of nitrogens with one attached hydrogen (secondary N) is 1. The van der Waals surface area contributed by atoms with Crippen LogP contribution >= 0.6 is 11.6 Å². The first kappa shape index (κ1) is 18.8. The number of piperazine rings is 1. The van der Waals surface area contributed by atoms with Gasteiger partial charge >= 0.3 is 6.03 Å². The summed E-state index contributed by atoms with van der Waals surface area (Å²) in [6.45, 7) is 2.39. The Morgan fingerprint density at radius 2 is 1.89 bits per heavy atom. The Morgan fingerprint density at radius 1 is 1.19 bits per heavy atom. The minimum absolute atomic E-state index is 0.0989. The molecule has 1 saturated heterocycles. The summed E-state index contributed by atoms with van der Waals surface area (Å²) in [6.07, 6.45) is 0. The average Bonchev–Trinajstić information content (AvgIpc) is 2.68. The van der Waals surface area contributed by atoms with Gasteiger partial charge in [0.05, 0.1) is 34.5 Å². The van der Waals surface area contributed by atoms with Gasteiger partial charge in [-0.05, 0) is 18.2 Å². The van der Waals surface area contributed by atoms with Gasteiger partial charge in [0.1, 0.15) is 5.75 Å². The van der Waals surface area contributed by atoms with Crippen LogP contribution in [-0.2, 0) is 0 Å². The highest BCUT2D eigenvalue weighted by atomic mass is 35.5.